The number of rotatable bonds is 6. The zero-order valence-electron chi connectivity index (χ0n) is 9.69. The molecular weight excluding hydrogens is 206 g/mol. The van der Waals surface area contributed by atoms with E-state index < -0.39 is 0 Å². The number of nitrogens with one attached hydrogen (secondary N) is 1. The minimum atomic E-state index is -0.381. The van der Waals surface area contributed by atoms with Gasteiger partial charge in [0.25, 0.3) is 5.69 Å². The van der Waals surface area contributed by atoms with E-state index in [1.165, 1.54) is 12.3 Å². The smallest absolute Gasteiger partial charge is 0.277 e. The van der Waals surface area contributed by atoms with Gasteiger partial charge in [-0.25, -0.2) is 4.98 Å². The van der Waals surface area contributed by atoms with Gasteiger partial charge in [0.1, 0.15) is 5.82 Å². The Balaban J connectivity index is 2.61. The van der Waals surface area contributed by atoms with Crippen molar-refractivity contribution in [1.82, 2.24) is 4.98 Å². The van der Waals surface area contributed by atoms with Gasteiger partial charge in [-0.1, -0.05) is 19.8 Å². The molecule has 0 aliphatic rings. The Kier molecular flexibility index (Phi) is 4.69. The molecule has 88 valence electrons. The van der Waals surface area contributed by atoms with Crippen molar-refractivity contribution in [3.63, 3.8) is 0 Å². The fraction of sp³-hybridized carbons (Fsp3) is 0.545. The average Bonchev–Trinajstić information content (AvgIpc) is 2.26. The Labute approximate surface area is 95.0 Å². The Morgan fingerprint density at radius 1 is 1.50 bits per heavy atom. The number of nitrogens with zero attached hydrogens (tertiary/aromatic N) is 2. The van der Waals surface area contributed by atoms with Crippen LogP contribution in [0.25, 0.3) is 0 Å². The number of anilines is 1. The number of pyridine rings is 1. The summed E-state index contributed by atoms with van der Waals surface area (Å²) in [6.07, 6.45) is 4.89. The van der Waals surface area contributed by atoms with Crippen LogP contribution in [0.4, 0.5) is 11.5 Å². The second-order valence-electron chi connectivity index (χ2n) is 3.75. The summed E-state index contributed by atoms with van der Waals surface area (Å²) in [6.45, 7) is 4.63. The predicted molar refractivity (Wildman–Crippen MR) is 63.6 cm³/mol. The zero-order valence-corrected chi connectivity index (χ0v) is 9.69. The first-order chi connectivity index (χ1) is 7.65. The molecule has 1 aromatic heterocycles. The van der Waals surface area contributed by atoms with Crippen molar-refractivity contribution in [2.24, 2.45) is 0 Å². The first-order valence-electron chi connectivity index (χ1n) is 5.50. The standard InChI is InChI=1S/C11H17N3O2/c1-3-4-5-6-12-11-7-10(14(15)16)9(2)8-13-11/h7-8H,3-6H2,1-2H3,(H,12,13). The molecule has 5 nitrogen and oxygen atoms in total. The molecule has 0 spiro atoms. The van der Waals surface area contributed by atoms with Crippen LogP contribution in [-0.4, -0.2) is 16.5 Å². The lowest BCUT2D eigenvalue weighted by atomic mass is 10.2. The molecule has 1 aromatic rings. The molecule has 1 rings (SSSR count). The molecule has 0 aromatic carbocycles. The highest BCUT2D eigenvalue weighted by molar-refractivity contribution is 5.48. The zero-order chi connectivity index (χ0) is 12.0. The fourth-order valence-electron chi connectivity index (χ4n) is 1.40. The maximum Gasteiger partial charge on any atom is 0.277 e. The van der Waals surface area contributed by atoms with Crippen molar-refractivity contribution < 1.29 is 4.92 Å². The van der Waals surface area contributed by atoms with E-state index in [9.17, 15) is 10.1 Å². The molecule has 0 aliphatic carbocycles. The molecule has 0 saturated heterocycles. The van der Waals surface area contributed by atoms with Gasteiger partial charge in [-0.15, -0.1) is 0 Å². The van der Waals surface area contributed by atoms with Crippen LogP contribution in [0.1, 0.15) is 31.7 Å². The highest BCUT2D eigenvalue weighted by Crippen LogP contribution is 2.19. The van der Waals surface area contributed by atoms with Crippen molar-refractivity contribution in [2.45, 2.75) is 33.1 Å². The summed E-state index contributed by atoms with van der Waals surface area (Å²) < 4.78 is 0. The summed E-state index contributed by atoms with van der Waals surface area (Å²) in [6, 6.07) is 1.49. The van der Waals surface area contributed by atoms with E-state index >= 15 is 0 Å². The van der Waals surface area contributed by atoms with Gasteiger partial charge in [-0.2, -0.15) is 0 Å². The van der Waals surface area contributed by atoms with Crippen LogP contribution in [0.15, 0.2) is 12.3 Å². The van der Waals surface area contributed by atoms with Crippen LogP contribution >= 0.6 is 0 Å². The predicted octanol–water partition coefficient (Wildman–Crippen LogP) is 2.90. The molecule has 0 fully saturated rings. The Morgan fingerprint density at radius 3 is 2.88 bits per heavy atom. The Bertz CT molecular complexity index is 366. The molecule has 1 heterocycles. The van der Waals surface area contributed by atoms with Crippen LogP contribution in [-0.2, 0) is 0 Å². The van der Waals surface area contributed by atoms with E-state index in [1.54, 1.807) is 6.92 Å². The van der Waals surface area contributed by atoms with Crippen LogP contribution in [0.5, 0.6) is 0 Å². The van der Waals surface area contributed by atoms with Gasteiger partial charge in [-0.3, -0.25) is 10.1 Å². The largest absolute Gasteiger partial charge is 0.370 e. The first kappa shape index (κ1) is 12.4. The third-order valence-corrected chi connectivity index (χ3v) is 2.36. The number of aromatic nitrogens is 1. The maximum absolute atomic E-state index is 10.7. The first-order valence-corrected chi connectivity index (χ1v) is 5.50. The third kappa shape index (κ3) is 3.49. The SMILES string of the molecule is CCCCCNc1cc([N+](=O)[O-])c(C)cn1. The topological polar surface area (TPSA) is 68.1 Å². The highest BCUT2D eigenvalue weighted by atomic mass is 16.6. The summed E-state index contributed by atoms with van der Waals surface area (Å²) in [4.78, 5) is 14.4. The minimum Gasteiger partial charge on any atom is -0.370 e. The molecule has 0 unspecified atom stereocenters. The van der Waals surface area contributed by atoms with Gasteiger partial charge in [-0.05, 0) is 13.3 Å². The highest BCUT2D eigenvalue weighted by Gasteiger charge is 2.11. The van der Waals surface area contributed by atoms with Gasteiger partial charge < -0.3 is 5.32 Å². The van der Waals surface area contributed by atoms with Crippen LogP contribution in [0, 0.1) is 17.0 Å². The Hall–Kier alpha value is -1.65. The number of nitro groups is 1. The lowest BCUT2D eigenvalue weighted by Crippen LogP contribution is -2.04. The minimum absolute atomic E-state index is 0.119. The molecule has 0 amide bonds. The molecule has 16 heavy (non-hydrogen) atoms. The van der Waals surface area contributed by atoms with Crippen molar-refractivity contribution in [2.75, 3.05) is 11.9 Å². The van der Waals surface area contributed by atoms with Crippen molar-refractivity contribution in [3.8, 4) is 0 Å². The van der Waals surface area contributed by atoms with Crippen LogP contribution in [0.3, 0.4) is 0 Å². The summed E-state index contributed by atoms with van der Waals surface area (Å²) in [5.41, 5.74) is 0.706. The summed E-state index contributed by atoms with van der Waals surface area (Å²) in [5, 5.41) is 13.8. The van der Waals surface area contributed by atoms with E-state index in [0.29, 0.717) is 11.4 Å². The number of hydrogen-bond donors (Lipinski definition) is 1. The second-order valence-corrected chi connectivity index (χ2v) is 3.75. The van der Waals surface area contributed by atoms with Gasteiger partial charge in [0.15, 0.2) is 0 Å². The van der Waals surface area contributed by atoms with Gasteiger partial charge in [0.05, 0.1) is 11.0 Å². The summed E-state index contributed by atoms with van der Waals surface area (Å²) >= 11 is 0. The third-order valence-electron chi connectivity index (χ3n) is 2.36. The lowest BCUT2D eigenvalue weighted by molar-refractivity contribution is -0.385. The molecule has 1 N–H and O–H groups in total. The molecule has 0 aliphatic heterocycles. The number of aryl methyl sites for hydroxylation is 1. The van der Waals surface area contributed by atoms with Crippen LogP contribution < -0.4 is 5.32 Å². The summed E-state index contributed by atoms with van der Waals surface area (Å²) in [5.74, 6) is 0.577. The van der Waals surface area contributed by atoms with Crippen molar-refractivity contribution in [1.29, 1.82) is 0 Å². The van der Waals surface area contributed by atoms with Gasteiger partial charge in [0.2, 0.25) is 0 Å². The Morgan fingerprint density at radius 2 is 2.25 bits per heavy atom. The quantitative estimate of drug-likeness (QED) is 0.457. The lowest BCUT2D eigenvalue weighted by Gasteiger charge is -2.05. The molecular formula is C11H17N3O2. The van der Waals surface area contributed by atoms with E-state index in [4.69, 9.17) is 0 Å². The normalized spacial score (nSPS) is 10.1. The van der Waals surface area contributed by atoms with E-state index in [1.807, 2.05) is 0 Å². The molecule has 0 atom stereocenters. The molecule has 0 bridgehead atoms. The maximum atomic E-state index is 10.7. The summed E-state index contributed by atoms with van der Waals surface area (Å²) in [7, 11) is 0. The van der Waals surface area contributed by atoms with Gasteiger partial charge in [0, 0.05) is 18.3 Å². The fourth-order valence-corrected chi connectivity index (χ4v) is 1.40. The van der Waals surface area contributed by atoms with E-state index in [2.05, 4.69) is 17.2 Å². The van der Waals surface area contributed by atoms with Crippen LogP contribution in [0.2, 0.25) is 0 Å². The van der Waals surface area contributed by atoms with E-state index in [-0.39, 0.29) is 10.6 Å². The van der Waals surface area contributed by atoms with Crippen molar-refractivity contribution in [3.05, 3.63) is 27.9 Å². The van der Waals surface area contributed by atoms with Gasteiger partial charge >= 0.3 is 0 Å². The number of hydrogen-bond acceptors (Lipinski definition) is 4. The average molecular weight is 223 g/mol. The molecule has 5 heteroatoms. The molecule has 0 radical (unpaired) electrons. The monoisotopic (exact) mass is 223 g/mol. The van der Waals surface area contributed by atoms with Crippen molar-refractivity contribution >= 4 is 11.5 Å². The second kappa shape index (κ2) is 6.05. The molecule has 0 saturated carbocycles. The van der Waals surface area contributed by atoms with E-state index in [0.717, 1.165) is 25.8 Å². The number of unbranched alkanes of at least 4 members (excludes halogenated alkanes) is 2.